The van der Waals surface area contributed by atoms with Crippen LogP contribution in [0.25, 0.3) is 10.9 Å². The van der Waals surface area contributed by atoms with Gasteiger partial charge in [-0.25, -0.2) is 4.98 Å². The molecule has 0 fully saturated rings. The minimum absolute atomic E-state index is 0.410. The summed E-state index contributed by atoms with van der Waals surface area (Å²) >= 11 is 0. The Morgan fingerprint density at radius 3 is 2.45 bits per heavy atom. The van der Waals surface area contributed by atoms with Crippen molar-refractivity contribution >= 4 is 16.6 Å². The molecule has 1 heterocycles. The first-order valence-electron chi connectivity index (χ1n) is 6.92. The molecule has 0 unspecified atom stereocenters. The number of fused-ring (bicyclic) bond motifs is 1. The molecular weight excluding hydrogens is 274 g/mol. The van der Waals surface area contributed by atoms with Crippen molar-refractivity contribution in [1.29, 1.82) is 5.26 Å². The highest BCUT2D eigenvalue weighted by Gasteiger charge is 2.09. The monoisotopic (exact) mass is 289 g/mol. The summed E-state index contributed by atoms with van der Waals surface area (Å²) in [4.78, 5) is 6.31. The highest BCUT2D eigenvalue weighted by molar-refractivity contribution is 5.93. The lowest BCUT2D eigenvalue weighted by Gasteiger charge is -2.16. The van der Waals surface area contributed by atoms with Crippen molar-refractivity contribution in [2.24, 2.45) is 0 Å². The summed E-state index contributed by atoms with van der Waals surface area (Å²) in [7, 11) is 3.89. The summed E-state index contributed by atoms with van der Waals surface area (Å²) in [6.07, 6.45) is 0. The van der Waals surface area contributed by atoms with E-state index < -0.39 is 0 Å². The van der Waals surface area contributed by atoms with Gasteiger partial charge in [0.1, 0.15) is 23.3 Å². The predicted molar refractivity (Wildman–Crippen MR) is 87.3 cm³/mol. The first-order valence-corrected chi connectivity index (χ1v) is 6.92. The lowest BCUT2D eigenvalue weighted by Crippen LogP contribution is -2.10. The highest BCUT2D eigenvalue weighted by Crippen LogP contribution is 2.30. The molecule has 0 saturated heterocycles. The summed E-state index contributed by atoms with van der Waals surface area (Å²) in [6, 6.07) is 19.2. The van der Waals surface area contributed by atoms with Gasteiger partial charge in [-0.2, -0.15) is 5.26 Å². The predicted octanol–water partition coefficient (Wildman–Crippen LogP) is 3.96. The number of pyridine rings is 1. The molecule has 0 aliphatic rings. The second kappa shape index (κ2) is 5.74. The molecule has 0 aliphatic carbocycles. The molecule has 3 aromatic rings. The number of rotatable bonds is 3. The van der Waals surface area contributed by atoms with Crippen molar-refractivity contribution in [2.75, 3.05) is 19.0 Å². The normalized spacial score (nSPS) is 10.2. The van der Waals surface area contributed by atoms with Crippen molar-refractivity contribution in [3.63, 3.8) is 0 Å². The van der Waals surface area contributed by atoms with Gasteiger partial charge >= 0.3 is 0 Å². The van der Waals surface area contributed by atoms with Gasteiger partial charge < -0.3 is 9.64 Å². The van der Waals surface area contributed by atoms with E-state index >= 15 is 0 Å². The Labute approximate surface area is 129 Å². The fourth-order valence-corrected chi connectivity index (χ4v) is 2.30. The van der Waals surface area contributed by atoms with E-state index in [4.69, 9.17) is 10.00 Å². The Morgan fingerprint density at radius 1 is 1.00 bits per heavy atom. The largest absolute Gasteiger partial charge is 0.457 e. The second-order valence-electron chi connectivity index (χ2n) is 5.13. The maximum absolute atomic E-state index is 9.10. The zero-order chi connectivity index (χ0) is 15.5. The van der Waals surface area contributed by atoms with Gasteiger partial charge in [0.05, 0.1) is 5.52 Å². The SMILES string of the molecule is CN(C)c1cc(C#N)nc2ccc(Oc3ccccc3)cc12. The molecule has 0 N–H and O–H groups in total. The number of hydrogen-bond donors (Lipinski definition) is 0. The van der Waals surface area contributed by atoms with Gasteiger partial charge in [0.2, 0.25) is 0 Å². The number of nitriles is 1. The topological polar surface area (TPSA) is 49.2 Å². The standard InChI is InChI=1S/C18H15N3O/c1-21(2)18-10-13(12-19)20-17-9-8-15(11-16(17)18)22-14-6-4-3-5-7-14/h3-11H,1-2H3. The van der Waals surface area contributed by atoms with Crippen LogP contribution in [0.1, 0.15) is 5.69 Å². The number of anilines is 1. The van der Waals surface area contributed by atoms with E-state index in [2.05, 4.69) is 11.1 Å². The third-order valence-electron chi connectivity index (χ3n) is 3.33. The van der Waals surface area contributed by atoms with Crippen LogP contribution in [-0.4, -0.2) is 19.1 Å². The van der Waals surface area contributed by atoms with Gasteiger partial charge in [-0.1, -0.05) is 18.2 Å². The van der Waals surface area contributed by atoms with E-state index in [0.29, 0.717) is 5.69 Å². The van der Waals surface area contributed by atoms with Crippen LogP contribution in [0.5, 0.6) is 11.5 Å². The summed E-state index contributed by atoms with van der Waals surface area (Å²) in [5.41, 5.74) is 2.14. The van der Waals surface area contributed by atoms with Crippen molar-refractivity contribution in [1.82, 2.24) is 4.98 Å². The number of ether oxygens (including phenoxy) is 1. The van der Waals surface area contributed by atoms with E-state index in [-0.39, 0.29) is 0 Å². The van der Waals surface area contributed by atoms with E-state index in [0.717, 1.165) is 28.1 Å². The molecule has 1 aromatic heterocycles. The van der Waals surface area contributed by atoms with Crippen LogP contribution in [0.4, 0.5) is 5.69 Å². The molecule has 0 spiro atoms. The van der Waals surface area contributed by atoms with Crippen LogP contribution in [0, 0.1) is 11.3 Å². The van der Waals surface area contributed by atoms with Crippen LogP contribution >= 0.6 is 0 Å². The average molecular weight is 289 g/mol. The van der Waals surface area contributed by atoms with Gasteiger partial charge in [-0.05, 0) is 36.4 Å². The molecule has 4 nitrogen and oxygen atoms in total. The van der Waals surface area contributed by atoms with E-state index in [9.17, 15) is 0 Å². The highest BCUT2D eigenvalue weighted by atomic mass is 16.5. The van der Waals surface area contributed by atoms with Crippen molar-refractivity contribution in [3.05, 3.63) is 60.3 Å². The molecule has 0 aliphatic heterocycles. The first kappa shape index (κ1) is 13.9. The zero-order valence-corrected chi connectivity index (χ0v) is 12.4. The summed E-state index contributed by atoms with van der Waals surface area (Å²) < 4.78 is 5.87. The Balaban J connectivity index is 2.09. The number of para-hydroxylation sites is 1. The van der Waals surface area contributed by atoms with Crippen LogP contribution in [0.15, 0.2) is 54.6 Å². The fourth-order valence-electron chi connectivity index (χ4n) is 2.30. The van der Waals surface area contributed by atoms with Crippen LogP contribution < -0.4 is 9.64 Å². The molecule has 2 aromatic carbocycles. The average Bonchev–Trinajstić information content (AvgIpc) is 2.54. The van der Waals surface area contributed by atoms with E-state index in [1.54, 1.807) is 6.07 Å². The maximum atomic E-state index is 9.10. The molecule has 0 bridgehead atoms. The number of hydrogen-bond acceptors (Lipinski definition) is 4. The maximum Gasteiger partial charge on any atom is 0.143 e. The first-order chi connectivity index (χ1) is 10.7. The van der Waals surface area contributed by atoms with Crippen LogP contribution in [0.2, 0.25) is 0 Å². The van der Waals surface area contributed by atoms with E-state index in [1.165, 1.54) is 0 Å². The molecule has 22 heavy (non-hydrogen) atoms. The third-order valence-corrected chi connectivity index (χ3v) is 3.33. The molecule has 4 heteroatoms. The van der Waals surface area contributed by atoms with Gasteiger partial charge in [-0.15, -0.1) is 0 Å². The Bertz CT molecular complexity index is 851. The summed E-state index contributed by atoms with van der Waals surface area (Å²) in [5, 5.41) is 10.1. The second-order valence-corrected chi connectivity index (χ2v) is 5.13. The number of nitrogens with zero attached hydrogens (tertiary/aromatic N) is 3. The Kier molecular flexibility index (Phi) is 3.63. The molecule has 0 amide bonds. The Morgan fingerprint density at radius 2 is 1.77 bits per heavy atom. The van der Waals surface area contributed by atoms with Gasteiger partial charge in [-0.3, -0.25) is 0 Å². The molecule has 0 atom stereocenters. The van der Waals surface area contributed by atoms with Crippen molar-refractivity contribution in [3.8, 4) is 17.6 Å². The quantitative estimate of drug-likeness (QED) is 0.732. The van der Waals surface area contributed by atoms with Crippen LogP contribution in [0.3, 0.4) is 0 Å². The van der Waals surface area contributed by atoms with Gasteiger partial charge in [0.15, 0.2) is 0 Å². The number of benzene rings is 2. The lowest BCUT2D eigenvalue weighted by atomic mass is 10.1. The lowest BCUT2D eigenvalue weighted by molar-refractivity contribution is 0.483. The van der Waals surface area contributed by atoms with Crippen LogP contribution in [-0.2, 0) is 0 Å². The molecule has 0 saturated carbocycles. The number of aromatic nitrogens is 1. The minimum Gasteiger partial charge on any atom is -0.457 e. The van der Waals surface area contributed by atoms with E-state index in [1.807, 2.05) is 67.5 Å². The minimum atomic E-state index is 0.410. The smallest absolute Gasteiger partial charge is 0.143 e. The third kappa shape index (κ3) is 2.70. The zero-order valence-electron chi connectivity index (χ0n) is 12.4. The molecule has 3 rings (SSSR count). The van der Waals surface area contributed by atoms with Crippen molar-refractivity contribution < 1.29 is 4.74 Å². The Hall–Kier alpha value is -3.06. The molecule has 108 valence electrons. The fraction of sp³-hybridized carbons (Fsp3) is 0.111. The summed E-state index contributed by atoms with van der Waals surface area (Å²) in [6.45, 7) is 0. The van der Waals surface area contributed by atoms with Crippen molar-refractivity contribution in [2.45, 2.75) is 0 Å². The van der Waals surface area contributed by atoms with Gasteiger partial charge in [0, 0.05) is 25.2 Å². The molecule has 0 radical (unpaired) electrons. The molecular formula is C18H15N3O. The summed E-state index contributed by atoms with van der Waals surface area (Å²) in [5.74, 6) is 1.53. The van der Waals surface area contributed by atoms with Gasteiger partial charge in [0.25, 0.3) is 0 Å².